The molecule has 1 N–H and O–H groups in total. The second kappa shape index (κ2) is 5.08. The molecule has 0 spiro atoms. The highest BCUT2D eigenvalue weighted by Gasteiger charge is 2.45. The molecule has 2 aliphatic heterocycles. The lowest BCUT2D eigenvalue weighted by Gasteiger charge is -2.41. The molecule has 0 bridgehead atoms. The van der Waals surface area contributed by atoms with E-state index in [4.69, 9.17) is 5.26 Å². The number of carbonyl (C=O) groups excluding carboxylic acids is 2. The molecule has 22 heavy (non-hydrogen) atoms. The molecule has 2 heterocycles. The molecule has 9 heteroatoms. The standard InChI is InChI=1S/C13H12N4O4S/c14-5-9-1-3-11(4-2-9)22(20,21)16-7-10(8-16)17-12(18)6-15-13(17)19/h1-4,10H,6-8H2,(H,15,19). The van der Waals surface area contributed by atoms with Crippen LogP contribution in [0.4, 0.5) is 4.79 Å². The molecule has 0 atom stereocenters. The zero-order valence-electron chi connectivity index (χ0n) is 11.4. The summed E-state index contributed by atoms with van der Waals surface area (Å²) >= 11 is 0. The second-order valence-electron chi connectivity index (χ2n) is 5.03. The van der Waals surface area contributed by atoms with E-state index in [0.717, 1.165) is 4.90 Å². The highest BCUT2D eigenvalue weighted by molar-refractivity contribution is 7.89. The van der Waals surface area contributed by atoms with Crippen molar-refractivity contribution in [1.82, 2.24) is 14.5 Å². The number of hydrogen-bond acceptors (Lipinski definition) is 5. The summed E-state index contributed by atoms with van der Waals surface area (Å²) in [4.78, 5) is 24.2. The van der Waals surface area contributed by atoms with E-state index in [2.05, 4.69) is 5.32 Å². The number of nitriles is 1. The Kier molecular flexibility index (Phi) is 3.35. The first-order valence-electron chi connectivity index (χ1n) is 6.53. The van der Waals surface area contributed by atoms with Gasteiger partial charge in [-0.15, -0.1) is 0 Å². The van der Waals surface area contributed by atoms with Crippen LogP contribution < -0.4 is 5.32 Å². The largest absolute Gasteiger partial charge is 0.329 e. The van der Waals surface area contributed by atoms with Crippen molar-refractivity contribution in [2.45, 2.75) is 10.9 Å². The van der Waals surface area contributed by atoms with Crippen molar-refractivity contribution >= 4 is 22.0 Å². The van der Waals surface area contributed by atoms with Crippen LogP contribution in [0.2, 0.25) is 0 Å². The molecule has 1 aromatic rings. The monoisotopic (exact) mass is 320 g/mol. The van der Waals surface area contributed by atoms with Crippen LogP contribution in [-0.2, 0) is 14.8 Å². The number of urea groups is 1. The molecule has 3 rings (SSSR count). The van der Waals surface area contributed by atoms with Gasteiger partial charge in [0.05, 0.1) is 29.1 Å². The van der Waals surface area contributed by atoms with Crippen molar-refractivity contribution in [1.29, 1.82) is 5.26 Å². The molecule has 2 fully saturated rings. The van der Waals surface area contributed by atoms with Crippen LogP contribution in [0, 0.1) is 11.3 Å². The van der Waals surface area contributed by atoms with Crippen molar-refractivity contribution in [2.75, 3.05) is 19.6 Å². The topological polar surface area (TPSA) is 111 Å². The van der Waals surface area contributed by atoms with E-state index in [-0.39, 0.29) is 30.4 Å². The normalized spacial score (nSPS) is 19.7. The van der Waals surface area contributed by atoms with Crippen LogP contribution in [0.15, 0.2) is 29.2 Å². The molecule has 0 aromatic heterocycles. The number of hydrogen-bond donors (Lipinski definition) is 1. The Hall–Kier alpha value is -2.44. The van der Waals surface area contributed by atoms with Gasteiger partial charge in [-0.1, -0.05) is 0 Å². The first-order valence-corrected chi connectivity index (χ1v) is 7.97. The molecule has 0 aliphatic carbocycles. The molecule has 8 nitrogen and oxygen atoms in total. The third kappa shape index (κ3) is 2.22. The summed E-state index contributed by atoms with van der Waals surface area (Å²) < 4.78 is 26.0. The molecule has 0 saturated carbocycles. The fraction of sp³-hybridized carbons (Fsp3) is 0.308. The van der Waals surface area contributed by atoms with Crippen molar-refractivity contribution in [3.05, 3.63) is 29.8 Å². The van der Waals surface area contributed by atoms with Gasteiger partial charge in [0.25, 0.3) is 0 Å². The summed E-state index contributed by atoms with van der Waals surface area (Å²) in [6.45, 7) is 0.126. The Morgan fingerprint density at radius 1 is 1.18 bits per heavy atom. The summed E-state index contributed by atoms with van der Waals surface area (Å²) in [5, 5.41) is 11.1. The molecule has 2 aliphatic rings. The molecule has 114 valence electrons. The molecular weight excluding hydrogens is 308 g/mol. The van der Waals surface area contributed by atoms with Crippen LogP contribution >= 0.6 is 0 Å². The maximum absolute atomic E-state index is 12.4. The van der Waals surface area contributed by atoms with Gasteiger partial charge in [0, 0.05) is 13.1 Å². The van der Waals surface area contributed by atoms with Crippen LogP contribution in [-0.4, -0.2) is 55.2 Å². The van der Waals surface area contributed by atoms with Crippen molar-refractivity contribution in [2.24, 2.45) is 0 Å². The lowest BCUT2D eigenvalue weighted by atomic mass is 10.1. The Labute approximate surface area is 127 Å². The molecule has 0 unspecified atom stereocenters. The maximum Gasteiger partial charge on any atom is 0.324 e. The van der Waals surface area contributed by atoms with E-state index in [1.165, 1.54) is 28.6 Å². The fourth-order valence-corrected chi connectivity index (χ4v) is 3.95. The predicted octanol–water partition coefficient (Wildman–Crippen LogP) is -0.517. The number of sulfonamides is 1. The number of nitrogens with zero attached hydrogens (tertiary/aromatic N) is 3. The second-order valence-corrected chi connectivity index (χ2v) is 6.97. The van der Waals surface area contributed by atoms with Gasteiger partial charge in [0.2, 0.25) is 15.9 Å². The number of amides is 3. The Morgan fingerprint density at radius 2 is 1.82 bits per heavy atom. The van der Waals surface area contributed by atoms with Gasteiger partial charge in [-0.3, -0.25) is 9.69 Å². The SMILES string of the molecule is N#Cc1ccc(S(=O)(=O)N2CC(N3C(=O)CNC3=O)C2)cc1. The Morgan fingerprint density at radius 3 is 2.32 bits per heavy atom. The number of nitrogens with one attached hydrogen (secondary N) is 1. The van der Waals surface area contributed by atoms with E-state index >= 15 is 0 Å². The zero-order chi connectivity index (χ0) is 15.9. The molecule has 2 saturated heterocycles. The average molecular weight is 320 g/mol. The van der Waals surface area contributed by atoms with Crippen LogP contribution in [0.5, 0.6) is 0 Å². The number of carbonyl (C=O) groups is 2. The summed E-state index contributed by atoms with van der Waals surface area (Å²) in [7, 11) is -3.67. The minimum absolute atomic E-state index is 0.0439. The van der Waals surface area contributed by atoms with Crippen LogP contribution in [0.25, 0.3) is 0 Å². The molecule has 0 radical (unpaired) electrons. The van der Waals surface area contributed by atoms with Gasteiger partial charge in [-0.05, 0) is 24.3 Å². The predicted molar refractivity (Wildman–Crippen MR) is 73.9 cm³/mol. The van der Waals surface area contributed by atoms with Gasteiger partial charge >= 0.3 is 6.03 Å². The smallest absolute Gasteiger partial charge is 0.324 e. The molecular formula is C13H12N4O4S. The third-order valence-corrected chi connectivity index (χ3v) is 5.54. The number of rotatable bonds is 3. The summed E-state index contributed by atoms with van der Waals surface area (Å²) in [6, 6.07) is 6.62. The Bertz CT molecular complexity index is 759. The fourth-order valence-electron chi connectivity index (χ4n) is 2.43. The first-order chi connectivity index (χ1) is 10.4. The van der Waals surface area contributed by atoms with Crippen molar-refractivity contribution < 1.29 is 18.0 Å². The lowest BCUT2D eigenvalue weighted by molar-refractivity contribution is -0.128. The van der Waals surface area contributed by atoms with E-state index in [1.54, 1.807) is 0 Å². The minimum Gasteiger partial charge on any atom is -0.329 e. The molecule has 3 amide bonds. The minimum atomic E-state index is -3.67. The van der Waals surface area contributed by atoms with Gasteiger partial charge in [-0.25, -0.2) is 13.2 Å². The van der Waals surface area contributed by atoms with Crippen molar-refractivity contribution in [3.63, 3.8) is 0 Å². The van der Waals surface area contributed by atoms with E-state index in [0.29, 0.717) is 5.56 Å². The van der Waals surface area contributed by atoms with Crippen LogP contribution in [0.3, 0.4) is 0 Å². The van der Waals surface area contributed by atoms with E-state index < -0.39 is 22.1 Å². The third-order valence-electron chi connectivity index (χ3n) is 3.69. The van der Waals surface area contributed by atoms with Gasteiger partial charge in [0.1, 0.15) is 0 Å². The Balaban J connectivity index is 1.72. The average Bonchev–Trinajstić information content (AvgIpc) is 2.78. The lowest BCUT2D eigenvalue weighted by Crippen LogP contribution is -2.62. The number of imide groups is 1. The maximum atomic E-state index is 12.4. The highest BCUT2D eigenvalue weighted by Crippen LogP contribution is 2.25. The highest BCUT2D eigenvalue weighted by atomic mass is 32.2. The van der Waals surface area contributed by atoms with E-state index in [9.17, 15) is 18.0 Å². The first kappa shape index (κ1) is 14.5. The van der Waals surface area contributed by atoms with Crippen LogP contribution in [0.1, 0.15) is 5.56 Å². The quantitative estimate of drug-likeness (QED) is 0.754. The van der Waals surface area contributed by atoms with E-state index in [1.807, 2.05) is 6.07 Å². The molecule has 1 aromatic carbocycles. The van der Waals surface area contributed by atoms with Gasteiger partial charge in [-0.2, -0.15) is 9.57 Å². The summed E-state index contributed by atoms with van der Waals surface area (Å²) in [6.07, 6.45) is 0. The summed E-state index contributed by atoms with van der Waals surface area (Å²) in [5.41, 5.74) is 0.375. The van der Waals surface area contributed by atoms with Gasteiger partial charge in [0.15, 0.2) is 0 Å². The zero-order valence-corrected chi connectivity index (χ0v) is 12.2. The van der Waals surface area contributed by atoms with Crippen molar-refractivity contribution in [3.8, 4) is 6.07 Å². The summed E-state index contributed by atoms with van der Waals surface area (Å²) in [5.74, 6) is -0.342. The number of benzene rings is 1. The van der Waals surface area contributed by atoms with Gasteiger partial charge < -0.3 is 5.32 Å².